The van der Waals surface area contributed by atoms with Crippen molar-refractivity contribution in [2.45, 2.75) is 75.9 Å². The van der Waals surface area contributed by atoms with Gasteiger partial charge in [0.25, 0.3) is 10.2 Å². The average molecular weight is 437 g/mol. The summed E-state index contributed by atoms with van der Waals surface area (Å²) in [6.07, 6.45) is 6.09. The van der Waals surface area contributed by atoms with E-state index in [1.54, 1.807) is 14.7 Å². The second kappa shape index (κ2) is 7.69. The van der Waals surface area contributed by atoms with Gasteiger partial charge in [0.05, 0.1) is 0 Å². The van der Waals surface area contributed by atoms with Crippen molar-refractivity contribution in [3.05, 3.63) is 17.5 Å². The Labute approximate surface area is 178 Å². The Balaban J connectivity index is 1.20. The topological polar surface area (TPSA) is 87.0 Å². The summed E-state index contributed by atoms with van der Waals surface area (Å²) in [5.41, 5.74) is 0.424. The van der Waals surface area contributed by atoms with Crippen LogP contribution < -0.4 is 0 Å². The highest BCUT2D eigenvalue weighted by Gasteiger charge is 2.46. The van der Waals surface area contributed by atoms with Crippen molar-refractivity contribution in [2.75, 3.05) is 26.7 Å². The fraction of sp³-hybridized carbons (Fsp3) is 0.810. The Morgan fingerprint density at radius 2 is 1.90 bits per heavy atom. The molecular formula is C21H32N4O4S. The maximum atomic E-state index is 13.4. The van der Waals surface area contributed by atoms with E-state index in [0.717, 1.165) is 38.0 Å². The molecule has 1 aromatic rings. The molecule has 1 aromatic heterocycles. The van der Waals surface area contributed by atoms with Crippen LogP contribution in [0, 0.1) is 5.92 Å². The minimum atomic E-state index is -3.46. The number of Topliss-reactive ketones (excluding diaryl/α,β-unsaturated/α-hetero) is 1. The second-order valence-electron chi connectivity index (χ2n) is 9.77. The van der Waals surface area contributed by atoms with Crippen LogP contribution in [0.2, 0.25) is 0 Å². The number of rotatable bonds is 6. The van der Waals surface area contributed by atoms with Crippen molar-refractivity contribution in [3.8, 4) is 0 Å². The Kier molecular flexibility index (Phi) is 5.28. The smallest absolute Gasteiger partial charge is 0.282 e. The molecular weight excluding hydrogens is 404 g/mol. The van der Waals surface area contributed by atoms with Crippen LogP contribution in [0.1, 0.15) is 74.0 Å². The molecule has 0 radical (unpaired) electrons. The molecule has 166 valence electrons. The van der Waals surface area contributed by atoms with Crippen molar-refractivity contribution in [1.29, 1.82) is 0 Å². The number of fused-ring (bicyclic) bond motifs is 3. The third kappa shape index (κ3) is 3.74. The number of ketones is 1. The van der Waals surface area contributed by atoms with Gasteiger partial charge in [-0.1, -0.05) is 5.16 Å². The van der Waals surface area contributed by atoms with Crippen molar-refractivity contribution in [3.63, 3.8) is 0 Å². The number of carbonyl (C=O) groups excluding carboxylic acids is 1. The van der Waals surface area contributed by atoms with Crippen LogP contribution in [0.4, 0.5) is 0 Å². The predicted molar refractivity (Wildman–Crippen MR) is 111 cm³/mol. The number of hydrogen-bond acceptors (Lipinski definition) is 6. The van der Waals surface area contributed by atoms with Gasteiger partial charge in [0.2, 0.25) is 0 Å². The number of piperazine rings is 1. The fourth-order valence-electron chi connectivity index (χ4n) is 5.54. The van der Waals surface area contributed by atoms with Crippen LogP contribution >= 0.6 is 0 Å². The normalized spacial score (nSPS) is 33.8. The molecule has 5 aliphatic rings. The Bertz CT molecular complexity index is 912. The second-order valence-corrected chi connectivity index (χ2v) is 11.6. The maximum Gasteiger partial charge on any atom is 0.282 e. The Morgan fingerprint density at radius 3 is 2.53 bits per heavy atom. The summed E-state index contributed by atoms with van der Waals surface area (Å²) in [5.74, 6) is 1.46. The van der Waals surface area contributed by atoms with Crippen molar-refractivity contribution in [2.24, 2.45) is 5.92 Å². The van der Waals surface area contributed by atoms with E-state index in [-0.39, 0.29) is 23.8 Å². The third-order valence-corrected chi connectivity index (χ3v) is 9.71. The molecule has 0 amide bonds. The van der Waals surface area contributed by atoms with Crippen LogP contribution in [0.3, 0.4) is 0 Å². The van der Waals surface area contributed by atoms with E-state index in [4.69, 9.17) is 4.52 Å². The quantitative estimate of drug-likeness (QED) is 0.636. The lowest BCUT2D eigenvalue weighted by Gasteiger charge is -2.51. The molecule has 1 saturated carbocycles. The fourth-order valence-corrected chi connectivity index (χ4v) is 7.60. The van der Waals surface area contributed by atoms with E-state index in [9.17, 15) is 13.2 Å². The van der Waals surface area contributed by atoms with Gasteiger partial charge in [-0.25, -0.2) is 0 Å². The summed E-state index contributed by atoms with van der Waals surface area (Å²) in [6.45, 7) is 3.88. The van der Waals surface area contributed by atoms with Crippen molar-refractivity contribution < 1.29 is 17.7 Å². The van der Waals surface area contributed by atoms with E-state index >= 15 is 0 Å². The Morgan fingerprint density at radius 1 is 1.13 bits per heavy atom. The molecule has 5 heterocycles. The monoisotopic (exact) mass is 436 g/mol. The van der Waals surface area contributed by atoms with Gasteiger partial charge in [-0.2, -0.15) is 17.0 Å². The number of likely N-dealkylation sites (N-methyl/N-ethyl adjacent to an activating group) is 1. The lowest BCUT2D eigenvalue weighted by molar-refractivity contribution is 0.0362. The van der Waals surface area contributed by atoms with Crippen molar-refractivity contribution >= 4 is 16.0 Å². The molecule has 0 spiro atoms. The summed E-state index contributed by atoms with van der Waals surface area (Å²) in [5, 5.41) is 3.96. The van der Waals surface area contributed by atoms with Gasteiger partial charge >= 0.3 is 0 Å². The maximum absolute atomic E-state index is 13.4. The minimum absolute atomic E-state index is 0.00975. The van der Waals surface area contributed by atoms with Crippen LogP contribution in [-0.2, 0) is 10.2 Å². The summed E-state index contributed by atoms with van der Waals surface area (Å²) in [4.78, 5) is 14.9. The zero-order chi connectivity index (χ0) is 21.0. The van der Waals surface area contributed by atoms with Crippen LogP contribution in [0.15, 0.2) is 10.6 Å². The average Bonchev–Trinajstić information content (AvgIpc) is 3.44. The molecule has 0 N–H and O–H groups in total. The summed E-state index contributed by atoms with van der Waals surface area (Å²) in [7, 11) is -1.37. The van der Waals surface area contributed by atoms with Gasteiger partial charge in [-0.05, 0) is 58.4 Å². The minimum Gasteiger partial charge on any atom is -0.360 e. The third-order valence-electron chi connectivity index (χ3n) is 7.54. The molecule has 4 saturated heterocycles. The van der Waals surface area contributed by atoms with E-state index in [1.165, 1.54) is 0 Å². The highest BCUT2D eigenvalue weighted by atomic mass is 32.2. The highest BCUT2D eigenvalue weighted by Crippen LogP contribution is 2.40. The lowest BCUT2D eigenvalue weighted by Crippen LogP contribution is -2.65. The predicted octanol–water partition coefficient (Wildman–Crippen LogP) is 2.25. The number of carbonyl (C=O) groups is 1. The zero-order valence-corrected chi connectivity index (χ0v) is 18.7. The van der Waals surface area contributed by atoms with E-state index in [1.807, 2.05) is 6.92 Å². The molecule has 8 nitrogen and oxygen atoms in total. The van der Waals surface area contributed by atoms with E-state index in [2.05, 4.69) is 17.1 Å². The zero-order valence-electron chi connectivity index (χ0n) is 17.9. The van der Waals surface area contributed by atoms with Gasteiger partial charge in [0, 0.05) is 56.2 Å². The van der Waals surface area contributed by atoms with E-state index in [0.29, 0.717) is 50.0 Å². The Hall–Kier alpha value is -1.29. The standard InChI is InChI=1S/C21H32N4O4S/c1-14-9-15(10-20(26)19-11-21(29-22-19)16-3-4-16)7-8-24(14)30(27,28)25-13-17-5-6-18(25)12-23(17)2/h11,14-18H,3-10,12-13H2,1-2H3/t14-,15-,17?,18?/m0/s1. The molecule has 4 atom stereocenters. The lowest BCUT2D eigenvalue weighted by atomic mass is 9.88. The van der Waals surface area contributed by atoms with Crippen LogP contribution in [0.25, 0.3) is 0 Å². The van der Waals surface area contributed by atoms with Gasteiger partial charge < -0.3 is 9.42 Å². The molecule has 30 heavy (non-hydrogen) atoms. The summed E-state index contributed by atoms with van der Waals surface area (Å²) >= 11 is 0. The number of piperidine rings is 3. The van der Waals surface area contributed by atoms with Gasteiger partial charge in [0.15, 0.2) is 5.78 Å². The first kappa shape index (κ1) is 20.6. The van der Waals surface area contributed by atoms with Crippen LogP contribution in [0.5, 0.6) is 0 Å². The van der Waals surface area contributed by atoms with Crippen LogP contribution in [-0.4, -0.2) is 77.7 Å². The first-order chi connectivity index (χ1) is 14.3. The van der Waals surface area contributed by atoms with Gasteiger partial charge in [-0.3, -0.25) is 4.79 Å². The molecule has 1 aliphatic carbocycles. The molecule has 2 unspecified atom stereocenters. The SMILES string of the molecule is C[C@H]1C[C@@H](CC(=O)c2cc(C3CC3)on2)CCN1S(=O)(=O)N1CC2CCC1CN2C. The summed E-state index contributed by atoms with van der Waals surface area (Å²) < 4.78 is 35.6. The number of aromatic nitrogens is 1. The van der Waals surface area contributed by atoms with Gasteiger partial charge in [0.1, 0.15) is 11.5 Å². The number of nitrogens with zero attached hydrogens (tertiary/aromatic N) is 4. The molecule has 9 heteroatoms. The molecule has 4 aliphatic heterocycles. The summed E-state index contributed by atoms with van der Waals surface area (Å²) in [6, 6.07) is 2.12. The molecule has 0 aromatic carbocycles. The van der Waals surface area contributed by atoms with Crippen molar-refractivity contribution in [1.82, 2.24) is 18.7 Å². The molecule has 6 rings (SSSR count). The highest BCUT2D eigenvalue weighted by molar-refractivity contribution is 7.86. The molecule has 2 bridgehead atoms. The van der Waals surface area contributed by atoms with Gasteiger partial charge in [-0.15, -0.1) is 0 Å². The van der Waals surface area contributed by atoms with E-state index < -0.39 is 10.2 Å². The number of hydrogen-bond donors (Lipinski definition) is 0. The first-order valence-corrected chi connectivity index (χ1v) is 12.7. The first-order valence-electron chi connectivity index (χ1n) is 11.3. The molecule has 5 fully saturated rings. The largest absolute Gasteiger partial charge is 0.360 e.